The van der Waals surface area contributed by atoms with Crippen molar-refractivity contribution in [1.82, 2.24) is 0 Å². The first-order chi connectivity index (χ1) is 7.24. The minimum absolute atomic E-state index is 0.913. The lowest BCUT2D eigenvalue weighted by Gasteiger charge is -2.14. The lowest BCUT2D eigenvalue weighted by atomic mass is 9.82. The van der Waals surface area contributed by atoms with E-state index >= 15 is 0 Å². The number of aryl methyl sites for hydroxylation is 1. The van der Waals surface area contributed by atoms with E-state index in [0.29, 0.717) is 0 Å². The predicted octanol–water partition coefficient (Wildman–Crippen LogP) is 3.25. The predicted molar refractivity (Wildman–Crippen MR) is 69.8 cm³/mol. The summed E-state index contributed by atoms with van der Waals surface area (Å²) < 4.78 is 0. The maximum Gasteiger partial charge on any atom is 0.114 e. The molecule has 1 aromatic carbocycles. The van der Waals surface area contributed by atoms with Gasteiger partial charge in [-0.15, -0.1) is 0 Å². The van der Waals surface area contributed by atoms with E-state index in [0.717, 1.165) is 24.7 Å². The molecule has 0 nitrogen and oxygen atoms in total. The number of rotatable bonds is 4. The van der Waals surface area contributed by atoms with Crippen molar-refractivity contribution in [3.05, 3.63) is 35.4 Å². The van der Waals surface area contributed by atoms with Crippen LogP contribution in [0.2, 0.25) is 0 Å². The summed E-state index contributed by atoms with van der Waals surface area (Å²) in [4.78, 5) is 0. The van der Waals surface area contributed by atoms with Crippen LogP contribution in [0.3, 0.4) is 0 Å². The van der Waals surface area contributed by atoms with Crippen LogP contribution < -0.4 is 5.46 Å². The van der Waals surface area contributed by atoms with Gasteiger partial charge in [0.2, 0.25) is 0 Å². The van der Waals surface area contributed by atoms with Gasteiger partial charge in [-0.05, 0) is 36.0 Å². The van der Waals surface area contributed by atoms with E-state index in [1.807, 2.05) is 12.1 Å². The molecule has 78 valence electrons. The second-order valence-corrected chi connectivity index (χ2v) is 3.73. The maximum absolute atomic E-state index is 6.06. The van der Waals surface area contributed by atoms with Gasteiger partial charge in [0.15, 0.2) is 0 Å². The van der Waals surface area contributed by atoms with Crippen molar-refractivity contribution in [2.75, 3.05) is 0 Å². The Hall–Kier alpha value is -0.975. The van der Waals surface area contributed by atoms with Crippen LogP contribution in [0.5, 0.6) is 0 Å². The number of benzene rings is 1. The molecule has 1 aromatic rings. The second-order valence-electron chi connectivity index (χ2n) is 3.73. The summed E-state index contributed by atoms with van der Waals surface area (Å²) in [7, 11) is 6.06. The van der Waals surface area contributed by atoms with E-state index in [4.69, 9.17) is 7.85 Å². The standard InChI is InChI=1S/C14H19B/c1-4-8-11(5-2)14-12(6-3)9-7-10-13(14)15/h7-10H,4-6H2,1-3H3/b11-8-. The molecule has 0 atom stereocenters. The van der Waals surface area contributed by atoms with E-state index in [-0.39, 0.29) is 0 Å². The largest absolute Gasteiger partial charge is 0.114 e. The molecule has 0 amide bonds. The average Bonchev–Trinajstić information content (AvgIpc) is 2.26. The molecule has 2 radical (unpaired) electrons. The fourth-order valence-corrected chi connectivity index (χ4v) is 1.98. The van der Waals surface area contributed by atoms with E-state index in [1.54, 1.807) is 0 Å². The molecule has 0 fully saturated rings. The normalized spacial score (nSPS) is 11.8. The number of hydrogen-bond donors (Lipinski definition) is 0. The van der Waals surface area contributed by atoms with Crippen LogP contribution in [0.15, 0.2) is 24.3 Å². The summed E-state index contributed by atoms with van der Waals surface area (Å²) in [6.45, 7) is 6.53. The topological polar surface area (TPSA) is 0 Å². The average molecular weight is 198 g/mol. The molecule has 0 aliphatic carbocycles. The molecule has 0 saturated carbocycles. The maximum atomic E-state index is 6.06. The molecular formula is C14H19B. The fraction of sp³-hybridized carbons (Fsp3) is 0.429. The highest BCUT2D eigenvalue weighted by Gasteiger charge is 2.06. The van der Waals surface area contributed by atoms with E-state index in [9.17, 15) is 0 Å². The molecule has 0 aromatic heterocycles. The summed E-state index contributed by atoms with van der Waals surface area (Å²) in [6.07, 6.45) is 5.45. The number of allylic oxidation sites excluding steroid dienone is 2. The first kappa shape index (κ1) is 12.1. The molecule has 0 unspecified atom stereocenters. The lowest BCUT2D eigenvalue weighted by molar-refractivity contribution is 1.11. The van der Waals surface area contributed by atoms with Gasteiger partial charge >= 0.3 is 0 Å². The Morgan fingerprint density at radius 2 is 2.00 bits per heavy atom. The van der Waals surface area contributed by atoms with Crippen LogP contribution in [-0.4, -0.2) is 7.85 Å². The Labute approximate surface area is 94.8 Å². The molecule has 0 saturated heterocycles. The van der Waals surface area contributed by atoms with Crippen LogP contribution in [0, 0.1) is 0 Å². The Morgan fingerprint density at radius 3 is 2.53 bits per heavy atom. The van der Waals surface area contributed by atoms with E-state index < -0.39 is 0 Å². The molecule has 0 bridgehead atoms. The zero-order chi connectivity index (χ0) is 11.3. The highest BCUT2D eigenvalue weighted by molar-refractivity contribution is 6.34. The Bertz CT molecular complexity index is 350. The minimum atomic E-state index is 0.913. The summed E-state index contributed by atoms with van der Waals surface area (Å²) in [5.74, 6) is 0. The van der Waals surface area contributed by atoms with Gasteiger partial charge in [-0.2, -0.15) is 0 Å². The van der Waals surface area contributed by atoms with Crippen molar-refractivity contribution in [1.29, 1.82) is 0 Å². The summed E-state index contributed by atoms with van der Waals surface area (Å²) in [6, 6.07) is 6.20. The molecule has 0 aliphatic rings. The molecule has 15 heavy (non-hydrogen) atoms. The zero-order valence-electron chi connectivity index (χ0n) is 10.0. The summed E-state index contributed by atoms with van der Waals surface area (Å²) in [5.41, 5.74) is 4.92. The highest BCUT2D eigenvalue weighted by atomic mass is 14.1. The van der Waals surface area contributed by atoms with Crippen LogP contribution in [0.25, 0.3) is 5.57 Å². The minimum Gasteiger partial charge on any atom is -0.0890 e. The van der Waals surface area contributed by atoms with Crippen LogP contribution >= 0.6 is 0 Å². The van der Waals surface area contributed by atoms with Crippen molar-refractivity contribution < 1.29 is 0 Å². The van der Waals surface area contributed by atoms with Crippen LogP contribution in [0.1, 0.15) is 44.7 Å². The summed E-state index contributed by atoms with van der Waals surface area (Å²) in [5, 5.41) is 0. The summed E-state index contributed by atoms with van der Waals surface area (Å²) >= 11 is 0. The van der Waals surface area contributed by atoms with Gasteiger partial charge in [0.1, 0.15) is 7.85 Å². The monoisotopic (exact) mass is 198 g/mol. The number of hydrogen-bond acceptors (Lipinski definition) is 0. The van der Waals surface area contributed by atoms with Crippen molar-refractivity contribution in [3.8, 4) is 0 Å². The molecule has 0 heterocycles. The van der Waals surface area contributed by atoms with Crippen molar-refractivity contribution in [2.24, 2.45) is 0 Å². The van der Waals surface area contributed by atoms with Gasteiger partial charge in [-0.3, -0.25) is 0 Å². The zero-order valence-corrected chi connectivity index (χ0v) is 10.0. The van der Waals surface area contributed by atoms with E-state index in [2.05, 4.69) is 32.9 Å². The first-order valence-electron chi connectivity index (χ1n) is 5.81. The smallest absolute Gasteiger partial charge is 0.0890 e. The van der Waals surface area contributed by atoms with Gasteiger partial charge < -0.3 is 0 Å². The Balaban J connectivity index is 3.26. The lowest BCUT2D eigenvalue weighted by Crippen LogP contribution is -2.12. The van der Waals surface area contributed by atoms with Crippen molar-refractivity contribution in [2.45, 2.75) is 40.0 Å². The third-order valence-electron chi connectivity index (χ3n) is 2.72. The highest BCUT2D eigenvalue weighted by Crippen LogP contribution is 2.21. The fourth-order valence-electron chi connectivity index (χ4n) is 1.98. The Morgan fingerprint density at radius 1 is 1.27 bits per heavy atom. The van der Waals surface area contributed by atoms with Gasteiger partial charge in [-0.25, -0.2) is 0 Å². The van der Waals surface area contributed by atoms with Gasteiger partial charge in [0, 0.05) is 0 Å². The third kappa shape index (κ3) is 2.74. The van der Waals surface area contributed by atoms with Crippen LogP contribution in [-0.2, 0) is 6.42 Å². The molecule has 1 rings (SSSR count). The quantitative estimate of drug-likeness (QED) is 0.651. The van der Waals surface area contributed by atoms with Crippen molar-refractivity contribution in [3.63, 3.8) is 0 Å². The van der Waals surface area contributed by atoms with E-state index in [1.165, 1.54) is 16.7 Å². The molecule has 0 spiro atoms. The molecule has 0 aliphatic heterocycles. The van der Waals surface area contributed by atoms with Crippen molar-refractivity contribution >= 4 is 18.9 Å². The second kappa shape index (κ2) is 5.80. The third-order valence-corrected chi connectivity index (χ3v) is 2.72. The van der Waals surface area contributed by atoms with Crippen LogP contribution in [0.4, 0.5) is 0 Å². The Kier molecular flexibility index (Phi) is 4.67. The van der Waals surface area contributed by atoms with Gasteiger partial charge in [0.25, 0.3) is 0 Å². The molecule has 0 N–H and O–H groups in total. The van der Waals surface area contributed by atoms with Gasteiger partial charge in [-0.1, -0.05) is 50.5 Å². The molecular weight excluding hydrogens is 179 g/mol. The SMILES string of the molecule is [B]c1cccc(CC)c1/C(=C\CC)CC. The van der Waals surface area contributed by atoms with Gasteiger partial charge in [0.05, 0.1) is 0 Å². The molecule has 1 heteroatoms. The first-order valence-corrected chi connectivity index (χ1v) is 5.81.